The average Bonchev–Trinajstić information content (AvgIpc) is 2.85. The number of nitrogens with zero attached hydrogens (tertiary/aromatic N) is 2. The second-order valence-electron chi connectivity index (χ2n) is 2.93. The van der Waals surface area contributed by atoms with Crippen molar-refractivity contribution in [2.24, 2.45) is 0 Å². The Morgan fingerprint density at radius 2 is 2.00 bits per heavy atom. The number of aromatic amines is 1. The first-order valence-electron chi connectivity index (χ1n) is 4.59. The van der Waals surface area contributed by atoms with Crippen molar-refractivity contribution in [3.63, 3.8) is 0 Å². The summed E-state index contributed by atoms with van der Waals surface area (Å²) < 4.78 is 0. The summed E-state index contributed by atoms with van der Waals surface area (Å²) in [5.74, 6) is 0.795. The molecule has 1 aromatic heterocycles. The number of hydrogen-bond acceptors (Lipinski definition) is 5. The SMILES string of the molecule is Clc1ccc(CSc2cn[nH]n2)cc1Cl.O=C=O. The van der Waals surface area contributed by atoms with Crippen LogP contribution in [0.3, 0.4) is 0 Å². The smallest absolute Gasteiger partial charge is 0.197 e. The maximum Gasteiger partial charge on any atom is 0.373 e. The molecule has 0 atom stereocenters. The highest BCUT2D eigenvalue weighted by atomic mass is 35.5. The molecule has 2 rings (SSSR count). The van der Waals surface area contributed by atoms with Gasteiger partial charge in [0.15, 0.2) is 0 Å². The molecule has 0 aliphatic rings. The second-order valence-corrected chi connectivity index (χ2v) is 4.74. The topological polar surface area (TPSA) is 75.7 Å². The predicted molar refractivity (Wildman–Crippen MR) is 67.4 cm³/mol. The molecule has 0 unspecified atom stereocenters. The van der Waals surface area contributed by atoms with Crippen LogP contribution in [0.25, 0.3) is 0 Å². The van der Waals surface area contributed by atoms with Gasteiger partial charge in [0.05, 0.1) is 16.2 Å². The van der Waals surface area contributed by atoms with Crippen molar-refractivity contribution in [2.75, 3.05) is 0 Å². The van der Waals surface area contributed by atoms with E-state index in [1.807, 2.05) is 12.1 Å². The van der Waals surface area contributed by atoms with Gasteiger partial charge in [0.2, 0.25) is 0 Å². The molecular formula is C10H7Cl2N3O2S. The van der Waals surface area contributed by atoms with Gasteiger partial charge in [0.25, 0.3) is 0 Å². The number of carbonyl (C=O) groups excluding carboxylic acids is 2. The van der Waals surface area contributed by atoms with Gasteiger partial charge < -0.3 is 0 Å². The van der Waals surface area contributed by atoms with E-state index < -0.39 is 0 Å². The molecule has 0 bridgehead atoms. The first-order chi connectivity index (χ1) is 8.67. The summed E-state index contributed by atoms with van der Waals surface area (Å²) in [7, 11) is 0. The Labute approximate surface area is 117 Å². The van der Waals surface area contributed by atoms with Crippen LogP contribution in [-0.2, 0) is 15.3 Å². The van der Waals surface area contributed by atoms with Gasteiger partial charge in [-0.25, -0.2) is 0 Å². The largest absolute Gasteiger partial charge is 0.373 e. The summed E-state index contributed by atoms with van der Waals surface area (Å²) >= 11 is 13.3. The van der Waals surface area contributed by atoms with E-state index >= 15 is 0 Å². The Kier molecular flexibility index (Phi) is 6.46. The van der Waals surface area contributed by atoms with E-state index in [0.717, 1.165) is 16.3 Å². The lowest BCUT2D eigenvalue weighted by Crippen LogP contribution is -1.81. The molecule has 0 aliphatic carbocycles. The Hall–Kier alpha value is -1.33. The molecule has 0 spiro atoms. The van der Waals surface area contributed by atoms with Gasteiger partial charge in [-0.05, 0) is 17.7 Å². The Bertz CT molecular complexity index is 528. The molecule has 0 saturated heterocycles. The molecule has 1 heterocycles. The average molecular weight is 304 g/mol. The fraction of sp³-hybridized carbons (Fsp3) is 0.100. The van der Waals surface area contributed by atoms with Gasteiger partial charge in [-0.1, -0.05) is 41.0 Å². The fourth-order valence-electron chi connectivity index (χ4n) is 1.05. The molecule has 0 aliphatic heterocycles. The minimum atomic E-state index is 0.250. The molecular weight excluding hydrogens is 297 g/mol. The number of rotatable bonds is 3. The molecule has 2 aromatic rings. The summed E-state index contributed by atoms with van der Waals surface area (Å²) in [6.45, 7) is 0. The van der Waals surface area contributed by atoms with Crippen molar-refractivity contribution in [1.82, 2.24) is 15.4 Å². The van der Waals surface area contributed by atoms with E-state index in [1.54, 1.807) is 24.0 Å². The number of hydrogen-bond donors (Lipinski definition) is 1. The number of nitrogens with one attached hydrogen (secondary N) is 1. The van der Waals surface area contributed by atoms with E-state index in [2.05, 4.69) is 15.4 Å². The standard InChI is InChI=1S/C9H7Cl2N3S.CO2/c10-7-2-1-6(3-8(7)11)5-15-9-4-12-14-13-9;2-1-3/h1-4H,5H2,(H,12,13,14);. The van der Waals surface area contributed by atoms with Crippen molar-refractivity contribution in [3.05, 3.63) is 40.0 Å². The molecule has 94 valence electrons. The van der Waals surface area contributed by atoms with Gasteiger partial charge in [-0.2, -0.15) is 19.9 Å². The molecule has 8 heteroatoms. The van der Waals surface area contributed by atoms with E-state index in [0.29, 0.717) is 10.0 Å². The number of halogens is 2. The third-order valence-electron chi connectivity index (χ3n) is 1.76. The van der Waals surface area contributed by atoms with Crippen LogP contribution in [0.1, 0.15) is 5.56 Å². The van der Waals surface area contributed by atoms with Gasteiger partial charge in [0, 0.05) is 5.75 Å². The summed E-state index contributed by atoms with van der Waals surface area (Å²) in [6, 6.07) is 5.60. The zero-order chi connectivity index (χ0) is 13.4. The maximum absolute atomic E-state index is 8.12. The lowest BCUT2D eigenvalue weighted by atomic mass is 10.2. The number of aromatic nitrogens is 3. The molecule has 0 fully saturated rings. The normalized spacial score (nSPS) is 9.22. The van der Waals surface area contributed by atoms with Gasteiger partial charge >= 0.3 is 6.15 Å². The summed E-state index contributed by atoms with van der Waals surface area (Å²) in [5.41, 5.74) is 1.11. The van der Waals surface area contributed by atoms with Crippen LogP contribution in [0, 0.1) is 0 Å². The Morgan fingerprint density at radius 1 is 1.28 bits per heavy atom. The Balaban J connectivity index is 0.000000492. The third kappa shape index (κ3) is 4.89. The van der Waals surface area contributed by atoms with Crippen molar-refractivity contribution >= 4 is 41.1 Å². The van der Waals surface area contributed by atoms with Crippen LogP contribution in [0.15, 0.2) is 29.4 Å². The molecule has 5 nitrogen and oxygen atoms in total. The monoisotopic (exact) mass is 303 g/mol. The van der Waals surface area contributed by atoms with Crippen LogP contribution in [0.5, 0.6) is 0 Å². The van der Waals surface area contributed by atoms with Gasteiger partial charge in [0.1, 0.15) is 5.03 Å². The van der Waals surface area contributed by atoms with Crippen molar-refractivity contribution < 1.29 is 9.59 Å². The highest BCUT2D eigenvalue weighted by molar-refractivity contribution is 7.98. The lowest BCUT2D eigenvalue weighted by Gasteiger charge is -2.01. The highest BCUT2D eigenvalue weighted by Gasteiger charge is 2.01. The molecule has 1 aromatic carbocycles. The van der Waals surface area contributed by atoms with Crippen LogP contribution < -0.4 is 0 Å². The number of benzene rings is 1. The molecule has 1 N–H and O–H groups in total. The quantitative estimate of drug-likeness (QED) is 0.882. The highest BCUT2D eigenvalue weighted by Crippen LogP contribution is 2.26. The second kappa shape index (κ2) is 7.89. The third-order valence-corrected chi connectivity index (χ3v) is 3.47. The van der Waals surface area contributed by atoms with E-state index in [9.17, 15) is 0 Å². The summed E-state index contributed by atoms with van der Waals surface area (Å²) in [4.78, 5) is 16.2. The fourth-order valence-corrected chi connectivity index (χ4v) is 2.09. The minimum absolute atomic E-state index is 0.250. The number of thioether (sulfide) groups is 1. The molecule has 0 radical (unpaired) electrons. The van der Waals surface area contributed by atoms with Gasteiger partial charge in [-0.15, -0.1) is 5.10 Å². The van der Waals surface area contributed by atoms with E-state index in [4.69, 9.17) is 32.8 Å². The van der Waals surface area contributed by atoms with Crippen LogP contribution in [0.2, 0.25) is 10.0 Å². The first-order valence-corrected chi connectivity index (χ1v) is 6.33. The molecule has 18 heavy (non-hydrogen) atoms. The minimum Gasteiger partial charge on any atom is -0.197 e. The zero-order valence-corrected chi connectivity index (χ0v) is 11.2. The van der Waals surface area contributed by atoms with Crippen molar-refractivity contribution in [2.45, 2.75) is 10.8 Å². The van der Waals surface area contributed by atoms with Crippen molar-refractivity contribution in [1.29, 1.82) is 0 Å². The zero-order valence-electron chi connectivity index (χ0n) is 8.89. The first kappa shape index (κ1) is 14.7. The Morgan fingerprint density at radius 3 is 2.56 bits per heavy atom. The van der Waals surface area contributed by atoms with E-state index in [-0.39, 0.29) is 6.15 Å². The lowest BCUT2D eigenvalue weighted by molar-refractivity contribution is -0.191. The summed E-state index contributed by atoms with van der Waals surface area (Å²) in [6.07, 6.45) is 1.93. The van der Waals surface area contributed by atoms with Crippen LogP contribution in [-0.4, -0.2) is 21.6 Å². The molecule has 0 saturated carbocycles. The van der Waals surface area contributed by atoms with Crippen LogP contribution in [0.4, 0.5) is 0 Å². The summed E-state index contributed by atoms with van der Waals surface area (Å²) in [5, 5.41) is 12.2. The van der Waals surface area contributed by atoms with E-state index in [1.165, 1.54) is 0 Å². The van der Waals surface area contributed by atoms with Gasteiger partial charge in [-0.3, -0.25) is 0 Å². The van der Waals surface area contributed by atoms with Crippen molar-refractivity contribution in [3.8, 4) is 0 Å². The molecule has 0 amide bonds. The maximum atomic E-state index is 8.12. The number of H-pyrrole nitrogens is 1. The van der Waals surface area contributed by atoms with Crippen LogP contribution >= 0.6 is 35.0 Å². The predicted octanol–water partition coefficient (Wildman–Crippen LogP) is 2.82.